The molecule has 4 rings (SSSR count). The van der Waals surface area contributed by atoms with Crippen molar-refractivity contribution in [1.82, 2.24) is 14.8 Å². The fourth-order valence-corrected chi connectivity index (χ4v) is 5.37. The van der Waals surface area contributed by atoms with Crippen LogP contribution in [0.15, 0.2) is 42.8 Å². The summed E-state index contributed by atoms with van der Waals surface area (Å²) in [5, 5.41) is 7.80. The highest BCUT2D eigenvalue weighted by atomic mass is 15.3. The highest BCUT2D eigenvalue weighted by molar-refractivity contribution is 5.87. The summed E-state index contributed by atoms with van der Waals surface area (Å²) >= 11 is 0. The predicted octanol–water partition coefficient (Wildman–Crippen LogP) is 3.97. The van der Waals surface area contributed by atoms with E-state index in [4.69, 9.17) is 0 Å². The highest BCUT2D eigenvalue weighted by Crippen LogP contribution is 2.27. The molecule has 2 unspecified atom stereocenters. The zero-order chi connectivity index (χ0) is 22.1. The quantitative estimate of drug-likeness (QED) is 0.768. The van der Waals surface area contributed by atoms with E-state index in [0.717, 1.165) is 67.0 Å². The summed E-state index contributed by atoms with van der Waals surface area (Å²) in [5.74, 6) is 0.790. The Labute approximate surface area is 187 Å². The van der Waals surface area contributed by atoms with Crippen molar-refractivity contribution in [3.8, 4) is 0 Å². The normalized spacial score (nSPS) is 21.5. The van der Waals surface area contributed by atoms with Crippen molar-refractivity contribution in [2.45, 2.75) is 45.6 Å². The lowest BCUT2D eigenvalue weighted by atomic mass is 10.0. The van der Waals surface area contributed by atoms with Crippen molar-refractivity contribution < 1.29 is 0 Å². The van der Waals surface area contributed by atoms with Crippen molar-refractivity contribution in [2.24, 2.45) is 5.92 Å². The molecule has 1 aromatic carbocycles. The van der Waals surface area contributed by atoms with E-state index >= 15 is 0 Å². The summed E-state index contributed by atoms with van der Waals surface area (Å²) in [7, 11) is 0. The summed E-state index contributed by atoms with van der Waals surface area (Å²) in [6, 6.07) is 6.98. The molecule has 2 saturated heterocycles. The van der Waals surface area contributed by atoms with Crippen molar-refractivity contribution in [3.63, 3.8) is 0 Å². The summed E-state index contributed by atoms with van der Waals surface area (Å²) in [5.41, 5.74) is 3.32. The van der Waals surface area contributed by atoms with Gasteiger partial charge in [0, 0.05) is 71.3 Å². The van der Waals surface area contributed by atoms with E-state index in [1.807, 2.05) is 0 Å². The molecule has 0 bridgehead atoms. The minimum atomic E-state index is 0.176. The number of fused-ring (bicyclic) bond motifs is 1. The lowest BCUT2D eigenvalue weighted by Crippen LogP contribution is -2.47. The Hall–Kier alpha value is -2.46. The van der Waals surface area contributed by atoms with Gasteiger partial charge in [-0.05, 0) is 37.3 Å². The highest BCUT2D eigenvalue weighted by Gasteiger charge is 2.23. The molecule has 2 atom stereocenters. The second kappa shape index (κ2) is 8.96. The lowest BCUT2D eigenvalue weighted by molar-refractivity contribution is 0.219. The minimum absolute atomic E-state index is 0.176. The van der Waals surface area contributed by atoms with Gasteiger partial charge in [-0.15, -0.1) is 0 Å². The van der Waals surface area contributed by atoms with E-state index in [2.05, 4.69) is 78.0 Å². The maximum absolute atomic E-state index is 4.45. The maximum atomic E-state index is 4.45. The number of anilines is 1. The van der Waals surface area contributed by atoms with Crippen LogP contribution in [-0.2, 0) is 0 Å². The van der Waals surface area contributed by atoms with Crippen LogP contribution >= 0.6 is 0 Å². The van der Waals surface area contributed by atoms with E-state index in [9.17, 15) is 0 Å². The second-order valence-electron chi connectivity index (χ2n) is 9.48. The molecule has 0 saturated carbocycles. The standard InChI is InChI=1S/C27H38N4/c1-7-8-19(2)18-29-13-15-30(16-14-29)24-10-11-25-22(5)31(23(6)26(25)17-24)27-12-9-20(3)28-21(27)4/h10-11,17,19,27-28H,3-9,12-16,18H2,1-2H3. The van der Waals surface area contributed by atoms with Crippen molar-refractivity contribution in [1.29, 1.82) is 0 Å². The van der Waals surface area contributed by atoms with Crippen LogP contribution in [0.1, 0.15) is 45.6 Å². The van der Waals surface area contributed by atoms with E-state index < -0.39 is 0 Å². The smallest absolute Gasteiger partial charge is 0.0738 e. The number of nitrogens with one attached hydrogen (secondary N) is 1. The first-order valence-electron chi connectivity index (χ1n) is 11.8. The average Bonchev–Trinajstić information content (AvgIpc) is 2.99. The van der Waals surface area contributed by atoms with Gasteiger partial charge in [-0.3, -0.25) is 4.90 Å². The van der Waals surface area contributed by atoms with Gasteiger partial charge >= 0.3 is 0 Å². The molecule has 2 aliphatic heterocycles. The van der Waals surface area contributed by atoms with E-state index in [-0.39, 0.29) is 6.04 Å². The van der Waals surface area contributed by atoms with Crippen LogP contribution in [-0.4, -0.2) is 42.2 Å². The third kappa shape index (κ3) is 4.31. The van der Waals surface area contributed by atoms with Gasteiger partial charge in [-0.25, -0.2) is 0 Å². The van der Waals surface area contributed by atoms with Gasteiger partial charge < -0.3 is 14.8 Å². The fraction of sp³-hybridized carbons (Fsp3) is 0.481. The largest absolute Gasteiger partial charge is 0.369 e. The first-order valence-corrected chi connectivity index (χ1v) is 11.8. The molecular weight excluding hydrogens is 380 g/mol. The third-order valence-electron chi connectivity index (χ3n) is 7.07. The van der Waals surface area contributed by atoms with Crippen LogP contribution in [0.4, 0.5) is 5.69 Å². The van der Waals surface area contributed by atoms with Crippen molar-refractivity contribution in [2.75, 3.05) is 37.6 Å². The molecule has 1 N–H and O–H groups in total. The van der Waals surface area contributed by atoms with E-state index in [1.54, 1.807) is 0 Å². The molecule has 4 heteroatoms. The maximum Gasteiger partial charge on any atom is 0.0738 e. The molecule has 2 fully saturated rings. The van der Waals surface area contributed by atoms with Crippen LogP contribution in [0.25, 0.3) is 23.9 Å². The average molecular weight is 419 g/mol. The Morgan fingerprint density at radius 2 is 1.74 bits per heavy atom. The number of piperidine rings is 1. The topological polar surface area (TPSA) is 23.4 Å². The number of nitrogens with zero attached hydrogens (tertiary/aromatic N) is 3. The molecule has 3 heterocycles. The van der Waals surface area contributed by atoms with Gasteiger partial charge in [0.15, 0.2) is 0 Å². The Kier molecular flexibility index (Phi) is 6.29. The van der Waals surface area contributed by atoms with Crippen LogP contribution in [0.3, 0.4) is 0 Å². The molecule has 1 aromatic heterocycles. The van der Waals surface area contributed by atoms with Crippen LogP contribution in [0, 0.1) is 5.92 Å². The third-order valence-corrected chi connectivity index (χ3v) is 7.07. The summed E-state index contributed by atoms with van der Waals surface area (Å²) in [6.45, 7) is 27.5. The molecule has 0 aliphatic carbocycles. The zero-order valence-corrected chi connectivity index (χ0v) is 19.4. The molecule has 0 radical (unpaired) electrons. The first kappa shape index (κ1) is 21.8. The summed E-state index contributed by atoms with van der Waals surface area (Å²) in [4.78, 5) is 5.15. The SMILES string of the molecule is C=C1CCC(n2c(=C)c3ccc(N4CCN(CC(C)CCC)CC4)cc3c2=C)C(=C)N1. The Bertz CT molecular complexity index is 1070. The molecule has 4 nitrogen and oxygen atoms in total. The van der Waals surface area contributed by atoms with E-state index in [1.165, 1.54) is 35.8 Å². The fourth-order valence-electron chi connectivity index (χ4n) is 5.37. The van der Waals surface area contributed by atoms with Gasteiger partial charge in [-0.1, -0.05) is 52.7 Å². The second-order valence-corrected chi connectivity index (χ2v) is 9.48. The Morgan fingerprint density at radius 3 is 2.42 bits per heavy atom. The number of hydrogen-bond donors (Lipinski definition) is 1. The summed E-state index contributed by atoms with van der Waals surface area (Å²) in [6.07, 6.45) is 4.54. The zero-order valence-electron chi connectivity index (χ0n) is 19.4. The van der Waals surface area contributed by atoms with Crippen LogP contribution in [0.5, 0.6) is 0 Å². The van der Waals surface area contributed by atoms with Crippen molar-refractivity contribution >= 4 is 29.6 Å². The van der Waals surface area contributed by atoms with E-state index in [0.29, 0.717) is 0 Å². The van der Waals surface area contributed by atoms with Gasteiger partial charge in [0.2, 0.25) is 0 Å². The predicted molar refractivity (Wildman–Crippen MR) is 135 cm³/mol. The van der Waals surface area contributed by atoms with Crippen LogP contribution in [0.2, 0.25) is 0 Å². The number of benzene rings is 1. The molecule has 0 spiro atoms. The molecule has 0 amide bonds. The number of aromatic nitrogens is 1. The first-order chi connectivity index (χ1) is 14.9. The molecule has 2 aromatic rings. The molecular formula is C27H38N4. The van der Waals surface area contributed by atoms with Crippen LogP contribution < -0.4 is 20.9 Å². The summed E-state index contributed by atoms with van der Waals surface area (Å²) < 4.78 is 2.27. The minimum Gasteiger partial charge on any atom is -0.369 e. The Morgan fingerprint density at radius 1 is 1.03 bits per heavy atom. The van der Waals surface area contributed by atoms with Gasteiger partial charge in [0.05, 0.1) is 6.04 Å². The van der Waals surface area contributed by atoms with Crippen molar-refractivity contribution in [3.05, 3.63) is 53.4 Å². The molecule has 31 heavy (non-hydrogen) atoms. The molecule has 166 valence electrons. The molecule has 2 aliphatic rings. The van der Waals surface area contributed by atoms with Gasteiger partial charge in [0.1, 0.15) is 0 Å². The Balaban J connectivity index is 1.54. The number of allylic oxidation sites excluding steroid dienone is 2. The number of rotatable bonds is 6. The van der Waals surface area contributed by atoms with Gasteiger partial charge in [0.25, 0.3) is 0 Å². The monoisotopic (exact) mass is 418 g/mol. The number of hydrogen-bond acceptors (Lipinski definition) is 3. The van der Waals surface area contributed by atoms with Gasteiger partial charge in [-0.2, -0.15) is 0 Å². The lowest BCUT2D eigenvalue weighted by Gasteiger charge is -2.37. The number of piperazine rings is 1.